The predicted octanol–water partition coefficient (Wildman–Crippen LogP) is 10.1. The van der Waals surface area contributed by atoms with E-state index in [-0.39, 0.29) is 43.1 Å². The Bertz CT molecular complexity index is 968. The largest absolute Gasteiger partial charge is 0.544 e. The van der Waals surface area contributed by atoms with Crippen molar-refractivity contribution in [1.29, 1.82) is 0 Å². The predicted molar refractivity (Wildman–Crippen MR) is 217 cm³/mol. The fourth-order valence-electron chi connectivity index (χ4n) is 6.25. The summed E-state index contributed by atoms with van der Waals surface area (Å²) in [6, 6.07) is -0.736. The number of hydrogen-bond donors (Lipinski definition) is 0. The molecule has 0 aliphatic rings. The molecule has 308 valence electrons. The molecule has 0 amide bonds. The van der Waals surface area contributed by atoms with E-state index in [0.29, 0.717) is 6.42 Å². The lowest BCUT2D eigenvalue weighted by molar-refractivity contribution is -0.889. The molecule has 0 spiro atoms. The monoisotopic (exact) mass is 748 g/mol. The Kier molecular flexibility index (Phi) is 34.8. The summed E-state index contributed by atoms with van der Waals surface area (Å²) in [5, 5.41) is 11.6. The number of ether oxygens (including phenoxy) is 3. The highest BCUT2D eigenvalue weighted by Gasteiger charge is 2.25. The number of quaternary nitrogens is 1. The van der Waals surface area contributed by atoms with E-state index in [1.807, 2.05) is 6.08 Å². The Balaban J connectivity index is 4.24. The van der Waals surface area contributed by atoms with Crippen LogP contribution in [0.1, 0.15) is 181 Å². The molecular weight excluding hydrogens is 666 g/mol. The van der Waals surface area contributed by atoms with Gasteiger partial charge >= 0.3 is 11.9 Å². The van der Waals surface area contributed by atoms with Gasteiger partial charge in [0.05, 0.1) is 46.7 Å². The number of carbonyl (C=O) groups is 3. The molecular formula is C45H81NO7. The van der Waals surface area contributed by atoms with Crippen molar-refractivity contribution in [2.75, 3.05) is 41.0 Å². The molecule has 2 atom stereocenters. The molecule has 8 heteroatoms. The first kappa shape index (κ1) is 50.5. The van der Waals surface area contributed by atoms with Gasteiger partial charge in [-0.05, 0) is 25.7 Å². The van der Waals surface area contributed by atoms with Gasteiger partial charge in [-0.2, -0.15) is 0 Å². The number of nitrogens with zero attached hydrogens (tertiary/aromatic N) is 1. The summed E-state index contributed by atoms with van der Waals surface area (Å²) >= 11 is 0. The molecule has 0 saturated heterocycles. The lowest BCUT2D eigenvalue weighted by Gasteiger charge is -2.34. The van der Waals surface area contributed by atoms with Crippen LogP contribution in [0.5, 0.6) is 0 Å². The molecule has 0 aliphatic heterocycles. The highest BCUT2D eigenvalue weighted by molar-refractivity contribution is 5.71. The van der Waals surface area contributed by atoms with Gasteiger partial charge in [0.1, 0.15) is 12.6 Å². The van der Waals surface area contributed by atoms with Gasteiger partial charge in [0.25, 0.3) is 0 Å². The van der Waals surface area contributed by atoms with Gasteiger partial charge in [-0.3, -0.25) is 9.59 Å². The molecule has 0 aromatic carbocycles. The minimum Gasteiger partial charge on any atom is -0.544 e. The van der Waals surface area contributed by atoms with Gasteiger partial charge in [-0.25, -0.2) is 0 Å². The van der Waals surface area contributed by atoms with E-state index < -0.39 is 24.1 Å². The number of carboxylic acid groups (broad SMARTS) is 1. The molecule has 53 heavy (non-hydrogen) atoms. The average Bonchev–Trinajstić information content (AvgIpc) is 3.11. The Hall–Kier alpha value is -2.45. The van der Waals surface area contributed by atoms with Crippen LogP contribution in [-0.2, 0) is 28.6 Å². The molecule has 0 fully saturated rings. The summed E-state index contributed by atoms with van der Waals surface area (Å²) in [4.78, 5) is 36.6. The lowest BCUT2D eigenvalue weighted by Crippen LogP contribution is -2.55. The molecule has 0 bridgehead atoms. The number of rotatable bonds is 38. The molecule has 0 heterocycles. The molecule has 2 unspecified atom stereocenters. The first-order chi connectivity index (χ1) is 25.6. The van der Waals surface area contributed by atoms with E-state index in [0.717, 1.165) is 38.5 Å². The van der Waals surface area contributed by atoms with E-state index in [1.165, 1.54) is 109 Å². The second kappa shape index (κ2) is 36.5. The topological polar surface area (TPSA) is 102 Å². The Labute approximate surface area is 325 Å². The third-order valence-electron chi connectivity index (χ3n) is 9.57. The third-order valence-corrected chi connectivity index (χ3v) is 9.57. The van der Waals surface area contributed by atoms with Crippen LogP contribution in [0.4, 0.5) is 0 Å². The van der Waals surface area contributed by atoms with Crippen molar-refractivity contribution < 1.29 is 38.2 Å². The summed E-state index contributed by atoms with van der Waals surface area (Å²) in [6.45, 7) is 4.44. The zero-order chi connectivity index (χ0) is 39.3. The fraction of sp³-hybridized carbons (Fsp3) is 0.800. The number of carbonyl (C=O) groups excluding carboxylic acids is 3. The summed E-state index contributed by atoms with van der Waals surface area (Å²) in [6.07, 6.45) is 40.8. The second-order valence-electron chi connectivity index (χ2n) is 15.6. The van der Waals surface area contributed by atoms with E-state index >= 15 is 0 Å². The summed E-state index contributed by atoms with van der Waals surface area (Å²) in [7, 11) is 5.37. The van der Waals surface area contributed by atoms with Gasteiger partial charge < -0.3 is 28.6 Å². The van der Waals surface area contributed by atoms with Crippen molar-refractivity contribution >= 4 is 17.9 Å². The zero-order valence-electron chi connectivity index (χ0n) is 34.9. The molecule has 0 rings (SSSR count). The van der Waals surface area contributed by atoms with Crippen LogP contribution < -0.4 is 5.11 Å². The van der Waals surface area contributed by atoms with E-state index in [9.17, 15) is 19.5 Å². The molecule has 8 nitrogen and oxygen atoms in total. The minimum atomic E-state index is -1.14. The second-order valence-corrected chi connectivity index (χ2v) is 15.6. The number of unbranched alkanes of at least 4 members (excludes halogenated alkanes) is 19. The van der Waals surface area contributed by atoms with E-state index in [2.05, 4.69) is 38.2 Å². The summed E-state index contributed by atoms with van der Waals surface area (Å²) in [5.41, 5.74) is 0. The molecule has 0 aromatic rings. The van der Waals surface area contributed by atoms with Crippen molar-refractivity contribution in [3.8, 4) is 0 Å². The highest BCUT2D eigenvalue weighted by atomic mass is 16.6. The highest BCUT2D eigenvalue weighted by Crippen LogP contribution is 2.15. The summed E-state index contributed by atoms with van der Waals surface area (Å²) < 4.78 is 17.0. The van der Waals surface area contributed by atoms with Crippen molar-refractivity contribution in [1.82, 2.24) is 0 Å². The van der Waals surface area contributed by atoms with Crippen LogP contribution in [0.25, 0.3) is 0 Å². The molecule has 0 radical (unpaired) electrons. The minimum absolute atomic E-state index is 0.00691. The standard InChI is InChI=1S/C45H81NO7/c1-6-8-10-12-14-16-17-18-19-20-21-22-23-24-25-26-28-29-31-33-35-43(47)52-40-41(39-51-38-37-42(45(49)50)46(3,4)5)53-44(48)36-34-32-30-27-15-13-11-9-7-2/h9,11,15,27,32,34,41-42H,6-8,10,12-14,16-26,28-31,33,35-40H2,1-5H3/b11-9+,27-15+,34-32+. The van der Waals surface area contributed by atoms with E-state index in [1.54, 1.807) is 27.2 Å². The van der Waals surface area contributed by atoms with Crippen LogP contribution >= 0.6 is 0 Å². The first-order valence-corrected chi connectivity index (χ1v) is 21.5. The van der Waals surface area contributed by atoms with Crippen molar-refractivity contribution in [3.05, 3.63) is 36.5 Å². The Morgan fingerprint density at radius 3 is 1.49 bits per heavy atom. The lowest BCUT2D eigenvalue weighted by atomic mass is 10.0. The number of carboxylic acids is 1. The third kappa shape index (κ3) is 35.0. The molecule has 0 aromatic heterocycles. The van der Waals surface area contributed by atoms with Crippen molar-refractivity contribution in [3.63, 3.8) is 0 Å². The number of allylic oxidation sites excluding steroid dienone is 5. The average molecular weight is 748 g/mol. The zero-order valence-corrected chi connectivity index (χ0v) is 34.9. The quantitative estimate of drug-likeness (QED) is 0.0268. The van der Waals surface area contributed by atoms with Crippen LogP contribution in [0.3, 0.4) is 0 Å². The van der Waals surface area contributed by atoms with Gasteiger partial charge in [-0.15, -0.1) is 0 Å². The Morgan fingerprint density at radius 2 is 1.04 bits per heavy atom. The van der Waals surface area contributed by atoms with Crippen LogP contribution in [0.2, 0.25) is 0 Å². The molecule has 0 saturated carbocycles. The van der Waals surface area contributed by atoms with Crippen LogP contribution in [0.15, 0.2) is 36.5 Å². The normalized spacial score (nSPS) is 13.3. The maximum absolute atomic E-state index is 12.5. The molecule has 0 N–H and O–H groups in total. The van der Waals surface area contributed by atoms with Gasteiger partial charge in [-0.1, -0.05) is 172 Å². The fourth-order valence-corrected chi connectivity index (χ4v) is 6.25. The maximum atomic E-state index is 12.5. The van der Waals surface area contributed by atoms with Gasteiger partial charge in [0.2, 0.25) is 0 Å². The van der Waals surface area contributed by atoms with Crippen molar-refractivity contribution in [2.45, 2.75) is 193 Å². The van der Waals surface area contributed by atoms with Crippen LogP contribution in [0, 0.1) is 0 Å². The van der Waals surface area contributed by atoms with Gasteiger partial charge in [0.15, 0.2) is 6.10 Å². The van der Waals surface area contributed by atoms with Crippen molar-refractivity contribution in [2.24, 2.45) is 0 Å². The van der Waals surface area contributed by atoms with Crippen LogP contribution in [-0.4, -0.2) is 75.5 Å². The maximum Gasteiger partial charge on any atom is 0.310 e. The Morgan fingerprint density at radius 1 is 0.585 bits per heavy atom. The number of hydrogen-bond acceptors (Lipinski definition) is 7. The van der Waals surface area contributed by atoms with Gasteiger partial charge in [0, 0.05) is 12.8 Å². The number of likely N-dealkylation sites (N-methyl/N-ethyl adjacent to an activating group) is 1. The SMILES string of the molecule is CC/C=C/C/C=C/C/C=C/CC(=O)OC(COCCC(C(=O)[O-])[N+](C)(C)C)COC(=O)CCCCCCCCCCCCCCCCCCCCCC. The first-order valence-electron chi connectivity index (χ1n) is 21.5. The summed E-state index contributed by atoms with van der Waals surface area (Å²) in [5.74, 6) is -1.88. The smallest absolute Gasteiger partial charge is 0.310 e. The number of esters is 2. The number of aliphatic carboxylic acids is 1. The molecule has 0 aliphatic carbocycles. The van der Waals surface area contributed by atoms with E-state index in [4.69, 9.17) is 14.2 Å².